The van der Waals surface area contributed by atoms with Crippen LogP contribution >= 0.6 is 0 Å². The molecule has 0 spiro atoms. The van der Waals surface area contributed by atoms with E-state index in [0.717, 1.165) is 39.3 Å². The quantitative estimate of drug-likeness (QED) is 0.734. The van der Waals surface area contributed by atoms with Gasteiger partial charge in [0.25, 0.3) is 0 Å². The van der Waals surface area contributed by atoms with Crippen LogP contribution in [0.2, 0.25) is 0 Å². The second kappa shape index (κ2) is 6.35. The Kier molecular flexibility index (Phi) is 4.79. The van der Waals surface area contributed by atoms with Crippen molar-refractivity contribution in [2.24, 2.45) is 5.41 Å². The van der Waals surface area contributed by atoms with Gasteiger partial charge in [0.05, 0.1) is 26.4 Å². The Hall–Kier alpha value is -0.860. The van der Waals surface area contributed by atoms with E-state index in [-0.39, 0.29) is 0 Å². The second-order valence-electron chi connectivity index (χ2n) is 5.36. The number of ether oxygens (including phenoxy) is 2. The third-order valence-corrected chi connectivity index (χ3v) is 3.87. The van der Waals surface area contributed by atoms with Crippen LogP contribution in [0.4, 0.5) is 0 Å². The predicted molar refractivity (Wildman–Crippen MR) is 73.6 cm³/mol. The van der Waals surface area contributed by atoms with Gasteiger partial charge in [-0.3, -0.25) is 0 Å². The van der Waals surface area contributed by atoms with Crippen molar-refractivity contribution in [3.05, 3.63) is 35.4 Å². The first-order valence-electron chi connectivity index (χ1n) is 7.02. The lowest BCUT2D eigenvalue weighted by Crippen LogP contribution is -2.45. The van der Waals surface area contributed by atoms with E-state index < -0.39 is 0 Å². The smallest absolute Gasteiger partial charge is 0.0719 e. The van der Waals surface area contributed by atoms with Crippen LogP contribution in [0.1, 0.15) is 37.8 Å². The molecular formula is C16H24O2. The Balaban J connectivity index is 1.86. The molecule has 2 nitrogen and oxygen atoms in total. The lowest BCUT2D eigenvalue weighted by atomic mass is 9.84. The highest BCUT2D eigenvalue weighted by Crippen LogP contribution is 2.31. The van der Waals surface area contributed by atoms with Crippen molar-refractivity contribution >= 4 is 0 Å². The van der Waals surface area contributed by atoms with Crippen LogP contribution in [0, 0.1) is 5.41 Å². The van der Waals surface area contributed by atoms with E-state index >= 15 is 0 Å². The topological polar surface area (TPSA) is 18.5 Å². The van der Waals surface area contributed by atoms with Gasteiger partial charge in [-0.2, -0.15) is 0 Å². The van der Waals surface area contributed by atoms with Crippen molar-refractivity contribution < 1.29 is 9.47 Å². The fraction of sp³-hybridized carbons (Fsp3) is 0.625. The normalized spacial score (nSPS) is 17.4. The number of rotatable bonds is 7. The molecule has 0 aliphatic carbocycles. The summed E-state index contributed by atoms with van der Waals surface area (Å²) in [6.45, 7) is 7.72. The van der Waals surface area contributed by atoms with E-state index in [1.165, 1.54) is 17.5 Å². The minimum Gasteiger partial charge on any atom is -0.380 e. The molecule has 18 heavy (non-hydrogen) atoms. The lowest BCUT2D eigenvalue weighted by molar-refractivity contribution is -0.152. The molecule has 1 saturated heterocycles. The maximum atomic E-state index is 5.92. The first kappa shape index (κ1) is 13.6. The fourth-order valence-electron chi connectivity index (χ4n) is 2.37. The molecule has 0 amide bonds. The highest BCUT2D eigenvalue weighted by molar-refractivity contribution is 5.26. The molecule has 0 saturated carbocycles. The molecular weight excluding hydrogens is 224 g/mol. The summed E-state index contributed by atoms with van der Waals surface area (Å²) in [4.78, 5) is 0. The van der Waals surface area contributed by atoms with Gasteiger partial charge in [-0.25, -0.2) is 0 Å². The summed E-state index contributed by atoms with van der Waals surface area (Å²) in [5, 5.41) is 0. The summed E-state index contributed by atoms with van der Waals surface area (Å²) >= 11 is 0. The average Bonchev–Trinajstić information content (AvgIpc) is 2.35. The fourth-order valence-corrected chi connectivity index (χ4v) is 2.37. The van der Waals surface area contributed by atoms with Crippen LogP contribution in [0.25, 0.3) is 0 Å². The molecule has 1 aliphatic heterocycles. The Morgan fingerprint density at radius 3 is 2.44 bits per heavy atom. The van der Waals surface area contributed by atoms with Gasteiger partial charge >= 0.3 is 0 Å². The number of benzene rings is 1. The minimum atomic E-state index is 0.291. The van der Waals surface area contributed by atoms with Crippen molar-refractivity contribution in [2.75, 3.05) is 19.8 Å². The number of hydrogen-bond acceptors (Lipinski definition) is 2. The molecule has 0 atom stereocenters. The standard InChI is InChI=1S/C16H24O2/c1-3-7-14-8-5-6-9-15(14)10-17-11-16(4-2)12-18-13-16/h5-6,8-9H,3-4,7,10-13H2,1-2H3. The maximum absolute atomic E-state index is 5.92. The van der Waals surface area contributed by atoms with Gasteiger partial charge in [-0.1, -0.05) is 44.5 Å². The molecule has 1 fully saturated rings. The van der Waals surface area contributed by atoms with E-state index in [1.54, 1.807) is 0 Å². The van der Waals surface area contributed by atoms with Crippen molar-refractivity contribution in [3.8, 4) is 0 Å². The van der Waals surface area contributed by atoms with E-state index in [2.05, 4.69) is 38.1 Å². The van der Waals surface area contributed by atoms with Crippen LogP contribution in [-0.4, -0.2) is 19.8 Å². The second-order valence-corrected chi connectivity index (χ2v) is 5.36. The summed E-state index contributed by atoms with van der Waals surface area (Å²) < 4.78 is 11.2. The molecule has 0 aromatic heterocycles. The first-order valence-corrected chi connectivity index (χ1v) is 7.02. The van der Waals surface area contributed by atoms with Gasteiger partial charge < -0.3 is 9.47 Å². The zero-order valence-corrected chi connectivity index (χ0v) is 11.6. The average molecular weight is 248 g/mol. The molecule has 0 N–H and O–H groups in total. The van der Waals surface area contributed by atoms with Gasteiger partial charge in [0.1, 0.15) is 0 Å². The van der Waals surface area contributed by atoms with E-state index in [9.17, 15) is 0 Å². The molecule has 100 valence electrons. The van der Waals surface area contributed by atoms with Gasteiger partial charge in [0, 0.05) is 5.41 Å². The van der Waals surface area contributed by atoms with E-state index in [1.807, 2.05) is 0 Å². The molecule has 0 radical (unpaired) electrons. The zero-order valence-electron chi connectivity index (χ0n) is 11.6. The van der Waals surface area contributed by atoms with Crippen LogP contribution in [-0.2, 0) is 22.5 Å². The Labute approximate surface area is 110 Å². The largest absolute Gasteiger partial charge is 0.380 e. The van der Waals surface area contributed by atoms with Gasteiger partial charge in [-0.05, 0) is 24.0 Å². The molecule has 1 heterocycles. The molecule has 1 aromatic carbocycles. The molecule has 1 aliphatic rings. The van der Waals surface area contributed by atoms with Crippen molar-refractivity contribution in [3.63, 3.8) is 0 Å². The Bertz CT molecular complexity index is 364. The van der Waals surface area contributed by atoms with Crippen LogP contribution in [0.5, 0.6) is 0 Å². The van der Waals surface area contributed by atoms with Gasteiger partial charge in [0.2, 0.25) is 0 Å². The third kappa shape index (κ3) is 3.12. The third-order valence-electron chi connectivity index (χ3n) is 3.87. The zero-order chi connectivity index (χ0) is 12.8. The molecule has 2 heteroatoms. The van der Waals surface area contributed by atoms with Crippen molar-refractivity contribution in [1.82, 2.24) is 0 Å². The van der Waals surface area contributed by atoms with Crippen molar-refractivity contribution in [2.45, 2.75) is 39.7 Å². The Morgan fingerprint density at radius 2 is 1.89 bits per heavy atom. The molecule has 2 rings (SSSR count). The summed E-state index contributed by atoms with van der Waals surface area (Å²) in [5.74, 6) is 0. The predicted octanol–water partition coefficient (Wildman–Crippen LogP) is 3.58. The maximum Gasteiger partial charge on any atom is 0.0719 e. The van der Waals surface area contributed by atoms with Gasteiger partial charge in [0.15, 0.2) is 0 Å². The summed E-state index contributed by atoms with van der Waals surface area (Å²) in [7, 11) is 0. The SMILES string of the molecule is CCCc1ccccc1COCC1(CC)COC1. The van der Waals surface area contributed by atoms with Crippen LogP contribution in [0.15, 0.2) is 24.3 Å². The molecule has 1 aromatic rings. The Morgan fingerprint density at radius 1 is 1.17 bits per heavy atom. The number of hydrogen-bond donors (Lipinski definition) is 0. The minimum absolute atomic E-state index is 0.291. The van der Waals surface area contributed by atoms with Gasteiger partial charge in [-0.15, -0.1) is 0 Å². The summed E-state index contributed by atoms with van der Waals surface area (Å²) in [6, 6.07) is 8.60. The first-order chi connectivity index (χ1) is 8.79. The molecule has 0 unspecified atom stereocenters. The highest BCUT2D eigenvalue weighted by atomic mass is 16.5. The molecule has 0 bridgehead atoms. The highest BCUT2D eigenvalue weighted by Gasteiger charge is 2.36. The summed E-state index contributed by atoms with van der Waals surface area (Å²) in [6.07, 6.45) is 3.47. The number of aryl methyl sites for hydroxylation is 1. The monoisotopic (exact) mass is 248 g/mol. The van der Waals surface area contributed by atoms with Crippen molar-refractivity contribution in [1.29, 1.82) is 0 Å². The lowest BCUT2D eigenvalue weighted by Gasteiger charge is -2.40. The van der Waals surface area contributed by atoms with Crippen LogP contribution in [0.3, 0.4) is 0 Å². The summed E-state index contributed by atoms with van der Waals surface area (Å²) in [5.41, 5.74) is 3.06. The van der Waals surface area contributed by atoms with E-state index in [4.69, 9.17) is 9.47 Å². The van der Waals surface area contributed by atoms with E-state index in [0.29, 0.717) is 5.41 Å². The van der Waals surface area contributed by atoms with Crippen LogP contribution < -0.4 is 0 Å².